The maximum Gasteiger partial charge on any atom is 0.280 e. The quantitative estimate of drug-likeness (QED) is 0.245. The molecular formula is C35H34N6O2. The lowest BCUT2D eigenvalue weighted by Crippen LogP contribution is -2.18. The van der Waals surface area contributed by atoms with Crippen LogP contribution in [0.3, 0.4) is 0 Å². The smallest absolute Gasteiger partial charge is 0.280 e. The average molecular weight is 571 g/mol. The van der Waals surface area contributed by atoms with Gasteiger partial charge in [-0.1, -0.05) is 37.3 Å². The number of anilines is 1. The summed E-state index contributed by atoms with van der Waals surface area (Å²) in [7, 11) is 1.71. The molecule has 1 aromatic carbocycles. The van der Waals surface area contributed by atoms with Crippen molar-refractivity contribution in [3.05, 3.63) is 112 Å². The number of oxazole rings is 1. The van der Waals surface area contributed by atoms with Crippen molar-refractivity contribution in [2.24, 2.45) is 13.0 Å². The van der Waals surface area contributed by atoms with Crippen molar-refractivity contribution in [1.29, 1.82) is 0 Å². The minimum absolute atomic E-state index is 0.109. The van der Waals surface area contributed by atoms with Gasteiger partial charge < -0.3 is 14.3 Å². The summed E-state index contributed by atoms with van der Waals surface area (Å²) in [5, 5.41) is 4.62. The Bertz CT molecular complexity index is 2010. The Morgan fingerprint density at radius 1 is 1.07 bits per heavy atom. The van der Waals surface area contributed by atoms with Gasteiger partial charge in [0.25, 0.3) is 5.56 Å². The topological polar surface area (TPSA) is 89.1 Å². The van der Waals surface area contributed by atoms with Crippen molar-refractivity contribution in [1.82, 2.24) is 24.4 Å². The van der Waals surface area contributed by atoms with Crippen LogP contribution >= 0.6 is 0 Å². The van der Waals surface area contributed by atoms with Crippen LogP contribution in [0.25, 0.3) is 39.0 Å². The highest BCUT2D eigenvalue weighted by atomic mass is 16.3. The number of nitrogens with zero attached hydrogens (tertiary/aromatic N) is 5. The second-order valence-corrected chi connectivity index (χ2v) is 11.5. The maximum absolute atomic E-state index is 12.6. The summed E-state index contributed by atoms with van der Waals surface area (Å²) < 4.78 is 7.54. The molecule has 8 heteroatoms. The van der Waals surface area contributed by atoms with E-state index in [0.29, 0.717) is 17.0 Å². The van der Waals surface area contributed by atoms with E-state index >= 15 is 0 Å². The summed E-state index contributed by atoms with van der Waals surface area (Å²) in [5.41, 5.74) is 7.93. The molecule has 1 unspecified atom stereocenters. The molecule has 5 aromatic rings. The van der Waals surface area contributed by atoms with E-state index in [9.17, 15) is 4.79 Å². The van der Waals surface area contributed by atoms with Gasteiger partial charge in [0, 0.05) is 54.7 Å². The molecular weight excluding hydrogens is 536 g/mol. The lowest BCUT2D eigenvalue weighted by Gasteiger charge is -2.17. The number of nitrogens with one attached hydrogen (secondary N) is 1. The van der Waals surface area contributed by atoms with E-state index in [0.717, 1.165) is 58.7 Å². The highest BCUT2D eigenvalue weighted by Gasteiger charge is 2.20. The van der Waals surface area contributed by atoms with Gasteiger partial charge in [0.15, 0.2) is 16.9 Å². The summed E-state index contributed by atoms with van der Waals surface area (Å²) in [5.74, 6) is 1.31. The highest BCUT2D eigenvalue weighted by Crippen LogP contribution is 2.35. The summed E-state index contributed by atoms with van der Waals surface area (Å²) in [6.45, 7) is 7.54. The fraction of sp³-hybridized carbons (Fsp3) is 0.257. The van der Waals surface area contributed by atoms with Crippen LogP contribution < -0.4 is 10.9 Å². The van der Waals surface area contributed by atoms with E-state index in [4.69, 9.17) is 9.40 Å². The molecule has 4 aromatic heterocycles. The van der Waals surface area contributed by atoms with E-state index in [1.54, 1.807) is 19.3 Å². The Balaban J connectivity index is 1.15. The third kappa shape index (κ3) is 5.19. The predicted octanol–water partition coefficient (Wildman–Crippen LogP) is 6.63. The molecule has 5 heterocycles. The van der Waals surface area contributed by atoms with Gasteiger partial charge in [0.2, 0.25) is 5.89 Å². The molecule has 7 rings (SSSR count). The molecule has 0 saturated carbocycles. The number of pyridine rings is 3. The number of likely N-dealkylation sites (tertiary alicyclic amines) is 1. The molecule has 1 aliphatic carbocycles. The van der Waals surface area contributed by atoms with E-state index in [1.807, 2.05) is 30.6 Å². The highest BCUT2D eigenvalue weighted by molar-refractivity contribution is 5.89. The van der Waals surface area contributed by atoms with E-state index in [1.165, 1.54) is 28.5 Å². The number of rotatable bonds is 6. The standard InChI is InChI=1S/C35H34N6O2/c1-22-18-26(38-33-31-25(12-14-36-33)19-24(20-37-31)21-41-15-4-5-16-41)8-6-9-27(22)28-10-7-11-29(23(28)2)34-39-32-30(43-34)13-17-40(3)35(32)42/h6-14,17-20,22H,4-5,15-16,21H2,1-3H3,(H,36,38). The molecule has 0 spiro atoms. The van der Waals surface area contributed by atoms with Gasteiger partial charge in [-0.15, -0.1) is 0 Å². The summed E-state index contributed by atoms with van der Waals surface area (Å²) >= 11 is 0. The van der Waals surface area contributed by atoms with Crippen molar-refractivity contribution in [3.63, 3.8) is 0 Å². The molecule has 0 amide bonds. The van der Waals surface area contributed by atoms with Crippen LogP contribution in [0.4, 0.5) is 5.82 Å². The van der Waals surface area contributed by atoms with Crippen molar-refractivity contribution in [2.45, 2.75) is 33.2 Å². The van der Waals surface area contributed by atoms with Gasteiger partial charge in [-0.05, 0) is 85.5 Å². The van der Waals surface area contributed by atoms with Crippen molar-refractivity contribution in [2.75, 3.05) is 18.4 Å². The maximum atomic E-state index is 12.6. The first kappa shape index (κ1) is 27.0. The van der Waals surface area contributed by atoms with Crippen LogP contribution in [0.1, 0.15) is 36.5 Å². The van der Waals surface area contributed by atoms with Crippen molar-refractivity contribution >= 4 is 33.4 Å². The van der Waals surface area contributed by atoms with Gasteiger partial charge in [0.1, 0.15) is 5.52 Å². The molecule has 1 fully saturated rings. The zero-order chi connectivity index (χ0) is 29.5. The molecule has 43 heavy (non-hydrogen) atoms. The Morgan fingerprint density at radius 3 is 2.77 bits per heavy atom. The average Bonchev–Trinajstić information content (AvgIpc) is 3.64. The van der Waals surface area contributed by atoms with Crippen molar-refractivity contribution in [3.8, 4) is 11.5 Å². The summed E-state index contributed by atoms with van der Waals surface area (Å²) in [6, 6.07) is 12.2. The zero-order valence-electron chi connectivity index (χ0n) is 24.7. The molecule has 216 valence electrons. The number of hydrogen-bond donors (Lipinski definition) is 1. The first-order chi connectivity index (χ1) is 20.9. The first-order valence-corrected chi connectivity index (χ1v) is 14.8. The fourth-order valence-corrected chi connectivity index (χ4v) is 6.17. The number of aromatic nitrogens is 4. The SMILES string of the molecule is Cc1c(C2=CC=CC(Nc3nccc4cc(CN5CCCC5)cnc34)=CC2C)cccc1-c1nc2c(=O)n(C)ccc2o1. The molecule has 1 N–H and O–H groups in total. The van der Waals surface area contributed by atoms with Crippen LogP contribution in [0.2, 0.25) is 0 Å². The molecule has 1 aliphatic heterocycles. The molecule has 1 saturated heterocycles. The van der Waals surface area contributed by atoms with Crippen LogP contribution in [-0.4, -0.2) is 37.5 Å². The van der Waals surface area contributed by atoms with E-state index in [2.05, 4.69) is 70.5 Å². The molecule has 8 nitrogen and oxygen atoms in total. The number of hydrogen-bond acceptors (Lipinski definition) is 7. The predicted molar refractivity (Wildman–Crippen MR) is 171 cm³/mol. The minimum Gasteiger partial charge on any atom is -0.436 e. The molecule has 1 atom stereocenters. The zero-order valence-corrected chi connectivity index (χ0v) is 24.7. The summed E-state index contributed by atoms with van der Waals surface area (Å²) in [6.07, 6.45) is 16.6. The van der Waals surface area contributed by atoms with E-state index < -0.39 is 0 Å². The third-order valence-electron chi connectivity index (χ3n) is 8.50. The van der Waals surface area contributed by atoms with Crippen molar-refractivity contribution < 1.29 is 4.42 Å². The van der Waals surface area contributed by atoms with Gasteiger partial charge in [-0.2, -0.15) is 0 Å². The van der Waals surface area contributed by atoms with Gasteiger partial charge in [0.05, 0.1) is 0 Å². The van der Waals surface area contributed by atoms with Crippen LogP contribution in [0.5, 0.6) is 0 Å². The Labute approximate surface area is 250 Å². The molecule has 0 radical (unpaired) electrons. The van der Waals surface area contributed by atoms with Gasteiger partial charge >= 0.3 is 0 Å². The largest absolute Gasteiger partial charge is 0.436 e. The first-order valence-electron chi connectivity index (χ1n) is 14.8. The number of allylic oxidation sites excluding steroid dienone is 5. The summed E-state index contributed by atoms with van der Waals surface area (Å²) in [4.78, 5) is 29.1. The lowest BCUT2D eigenvalue weighted by molar-refractivity contribution is 0.331. The molecule has 2 aliphatic rings. The van der Waals surface area contributed by atoms with Crippen LogP contribution in [-0.2, 0) is 13.6 Å². The van der Waals surface area contributed by atoms with Crippen LogP contribution in [0, 0.1) is 12.8 Å². The lowest BCUT2D eigenvalue weighted by atomic mass is 9.88. The number of fused-ring (bicyclic) bond motifs is 2. The Kier molecular flexibility index (Phi) is 6.99. The monoisotopic (exact) mass is 570 g/mol. The fourth-order valence-electron chi connectivity index (χ4n) is 6.17. The number of benzene rings is 1. The van der Waals surface area contributed by atoms with Crippen LogP contribution in [0.15, 0.2) is 94.2 Å². The molecule has 0 bridgehead atoms. The van der Waals surface area contributed by atoms with Gasteiger partial charge in [-0.3, -0.25) is 14.7 Å². The number of aryl methyl sites for hydroxylation is 1. The Hall–Kier alpha value is -4.82. The minimum atomic E-state index is -0.171. The van der Waals surface area contributed by atoms with E-state index in [-0.39, 0.29) is 11.5 Å². The van der Waals surface area contributed by atoms with Gasteiger partial charge in [-0.25, -0.2) is 9.97 Å². The second-order valence-electron chi connectivity index (χ2n) is 11.5. The Morgan fingerprint density at radius 2 is 1.91 bits per heavy atom. The third-order valence-corrected chi connectivity index (χ3v) is 8.50. The normalized spacial score (nSPS) is 17.3. The second kappa shape index (κ2) is 11.1.